The number of hydrogen-bond acceptors (Lipinski definition) is 4. The lowest BCUT2D eigenvalue weighted by atomic mass is 9.70. The van der Waals surface area contributed by atoms with E-state index in [1.807, 2.05) is 36.4 Å². The van der Waals surface area contributed by atoms with Crippen LogP contribution in [-0.2, 0) is 0 Å². The van der Waals surface area contributed by atoms with Crippen LogP contribution in [0.4, 0.5) is 11.4 Å². The summed E-state index contributed by atoms with van der Waals surface area (Å²) in [6.45, 7) is 6.53. The molecule has 3 atom stereocenters. The molecule has 0 fully saturated rings. The molecule has 0 amide bonds. The van der Waals surface area contributed by atoms with E-state index in [1.54, 1.807) is 0 Å². The highest BCUT2D eigenvalue weighted by Gasteiger charge is 2.40. The zero-order valence-electron chi connectivity index (χ0n) is 16.3. The van der Waals surface area contributed by atoms with E-state index in [0.717, 1.165) is 36.2 Å². The van der Waals surface area contributed by atoms with Gasteiger partial charge in [0.1, 0.15) is 0 Å². The molecule has 0 saturated heterocycles. The van der Waals surface area contributed by atoms with Crippen LogP contribution in [0.25, 0.3) is 0 Å². The van der Waals surface area contributed by atoms with Crippen LogP contribution in [0.3, 0.4) is 0 Å². The van der Waals surface area contributed by atoms with Gasteiger partial charge in [-0.15, -0.1) is 0 Å². The Kier molecular flexibility index (Phi) is 6.68. The van der Waals surface area contributed by atoms with Crippen molar-refractivity contribution in [2.45, 2.75) is 57.5 Å². The van der Waals surface area contributed by atoms with E-state index in [0.29, 0.717) is 0 Å². The molecule has 2 aromatic rings. The van der Waals surface area contributed by atoms with Crippen molar-refractivity contribution in [3.63, 3.8) is 0 Å². The van der Waals surface area contributed by atoms with Crippen molar-refractivity contribution in [3.05, 3.63) is 59.7 Å². The highest BCUT2D eigenvalue weighted by molar-refractivity contribution is 5.42. The third-order valence-electron chi connectivity index (χ3n) is 5.76. The second-order valence-corrected chi connectivity index (χ2v) is 7.59. The first kappa shape index (κ1) is 20.3. The van der Waals surface area contributed by atoms with E-state index in [2.05, 4.69) is 32.9 Å². The fraction of sp³-hybridized carbons (Fsp3) is 0.455. The summed E-state index contributed by atoms with van der Waals surface area (Å²) in [4.78, 5) is 0. The number of rotatable bonds is 8. The lowest BCUT2D eigenvalue weighted by Crippen LogP contribution is -2.60. The summed E-state index contributed by atoms with van der Waals surface area (Å²) < 4.78 is 0. The molecular weight excluding hydrogens is 320 g/mol. The molecular formula is C22H34N4. The van der Waals surface area contributed by atoms with Gasteiger partial charge in [-0.1, -0.05) is 57.9 Å². The zero-order valence-corrected chi connectivity index (χ0v) is 16.3. The Balaban J connectivity index is 2.33. The molecule has 0 bridgehead atoms. The molecule has 0 radical (unpaired) electrons. The third-order valence-corrected chi connectivity index (χ3v) is 5.76. The first-order chi connectivity index (χ1) is 12.3. The third kappa shape index (κ3) is 4.57. The van der Waals surface area contributed by atoms with Crippen LogP contribution in [0, 0.1) is 5.92 Å². The molecule has 26 heavy (non-hydrogen) atoms. The summed E-state index contributed by atoms with van der Waals surface area (Å²) in [6.07, 6.45) is 3.22. The van der Waals surface area contributed by atoms with Crippen molar-refractivity contribution < 1.29 is 0 Å². The summed E-state index contributed by atoms with van der Waals surface area (Å²) in [6, 6.07) is 15.9. The minimum atomic E-state index is -0.827. The molecule has 3 unspecified atom stereocenters. The molecule has 0 aliphatic heterocycles. The van der Waals surface area contributed by atoms with Crippen molar-refractivity contribution in [1.29, 1.82) is 0 Å². The quantitative estimate of drug-likeness (QED) is 0.421. The van der Waals surface area contributed by atoms with Gasteiger partial charge in [0.05, 0.1) is 5.66 Å². The highest BCUT2D eigenvalue weighted by atomic mass is 15.0. The number of unbranched alkanes of at least 4 members (excludes halogenated alkanes) is 1. The van der Waals surface area contributed by atoms with Crippen LogP contribution in [0.1, 0.15) is 63.0 Å². The Hall–Kier alpha value is -2.04. The number of nitrogens with two attached hydrogens (primary N) is 4. The highest BCUT2D eigenvalue weighted by Crippen LogP contribution is 2.39. The molecule has 4 nitrogen and oxygen atoms in total. The van der Waals surface area contributed by atoms with Crippen molar-refractivity contribution in [3.8, 4) is 0 Å². The summed E-state index contributed by atoms with van der Waals surface area (Å²) in [5, 5.41) is 0. The van der Waals surface area contributed by atoms with Gasteiger partial charge >= 0.3 is 0 Å². The van der Waals surface area contributed by atoms with Gasteiger partial charge in [-0.2, -0.15) is 0 Å². The molecule has 2 aromatic carbocycles. The maximum absolute atomic E-state index is 6.81. The Bertz CT molecular complexity index is 676. The summed E-state index contributed by atoms with van der Waals surface area (Å²) in [5.41, 5.74) is 28.3. The van der Waals surface area contributed by atoms with Crippen molar-refractivity contribution in [2.75, 3.05) is 11.5 Å². The predicted octanol–water partition coefficient (Wildman–Crippen LogP) is 4.18. The minimum absolute atomic E-state index is 0.0150. The van der Waals surface area contributed by atoms with Crippen molar-refractivity contribution >= 4 is 11.4 Å². The number of benzene rings is 2. The first-order valence-corrected chi connectivity index (χ1v) is 9.56. The average Bonchev–Trinajstić information content (AvgIpc) is 2.62. The largest absolute Gasteiger partial charge is 0.399 e. The molecule has 0 aromatic heterocycles. The lowest BCUT2D eigenvalue weighted by molar-refractivity contribution is 0.192. The van der Waals surface area contributed by atoms with Gasteiger partial charge in [0, 0.05) is 17.3 Å². The molecule has 2 rings (SSSR count). The Morgan fingerprint density at radius 2 is 1.27 bits per heavy atom. The summed E-state index contributed by atoms with van der Waals surface area (Å²) in [7, 11) is 0. The van der Waals surface area contributed by atoms with Gasteiger partial charge < -0.3 is 22.9 Å². The van der Waals surface area contributed by atoms with E-state index in [9.17, 15) is 0 Å². The maximum atomic E-state index is 6.81. The van der Waals surface area contributed by atoms with Crippen LogP contribution < -0.4 is 22.9 Å². The SMILES string of the molecule is CCCCC(C(C)c1ccc(N)cc1)C(N)(N)C(C)c1ccc(N)cc1. The standard InChI is InChI=1S/C22H34N4/c1-4-5-6-21(15(2)17-7-11-19(23)12-8-17)22(25,26)16(3)18-9-13-20(24)14-10-18/h7-16,21H,4-6,23-26H2,1-3H3. The Labute approximate surface area is 157 Å². The van der Waals surface area contributed by atoms with Crippen molar-refractivity contribution in [1.82, 2.24) is 0 Å². The van der Waals surface area contributed by atoms with E-state index < -0.39 is 5.66 Å². The van der Waals surface area contributed by atoms with Crippen LogP contribution >= 0.6 is 0 Å². The molecule has 0 aliphatic rings. The predicted molar refractivity (Wildman–Crippen MR) is 113 cm³/mol. The fourth-order valence-electron chi connectivity index (χ4n) is 3.78. The van der Waals surface area contributed by atoms with E-state index in [1.165, 1.54) is 5.56 Å². The van der Waals surface area contributed by atoms with E-state index >= 15 is 0 Å². The number of hydrogen-bond donors (Lipinski definition) is 4. The van der Waals surface area contributed by atoms with Crippen molar-refractivity contribution in [2.24, 2.45) is 17.4 Å². The van der Waals surface area contributed by atoms with Gasteiger partial charge in [0.2, 0.25) is 0 Å². The first-order valence-electron chi connectivity index (χ1n) is 9.56. The van der Waals surface area contributed by atoms with Gasteiger partial charge in [0.25, 0.3) is 0 Å². The summed E-state index contributed by atoms with van der Waals surface area (Å²) >= 11 is 0. The Morgan fingerprint density at radius 1 is 0.808 bits per heavy atom. The van der Waals surface area contributed by atoms with Gasteiger partial charge in [-0.25, -0.2) is 0 Å². The Morgan fingerprint density at radius 3 is 1.73 bits per heavy atom. The van der Waals surface area contributed by atoms with Gasteiger partial charge in [0.15, 0.2) is 0 Å². The second-order valence-electron chi connectivity index (χ2n) is 7.59. The topological polar surface area (TPSA) is 104 Å². The number of anilines is 2. The molecule has 0 aliphatic carbocycles. The van der Waals surface area contributed by atoms with Gasteiger partial charge in [-0.05, 0) is 53.6 Å². The molecule has 4 heteroatoms. The monoisotopic (exact) mass is 354 g/mol. The molecule has 8 N–H and O–H groups in total. The molecule has 142 valence electrons. The van der Waals surface area contributed by atoms with Crippen LogP contribution in [0.5, 0.6) is 0 Å². The summed E-state index contributed by atoms with van der Waals surface area (Å²) in [5.74, 6) is 0.410. The number of nitrogen functional groups attached to an aromatic ring is 2. The van der Waals surface area contributed by atoms with Crippen LogP contribution in [0.15, 0.2) is 48.5 Å². The average molecular weight is 355 g/mol. The second kappa shape index (κ2) is 8.56. The lowest BCUT2D eigenvalue weighted by Gasteiger charge is -2.42. The minimum Gasteiger partial charge on any atom is -0.399 e. The molecule has 0 heterocycles. The van der Waals surface area contributed by atoms with Crippen LogP contribution in [0.2, 0.25) is 0 Å². The maximum Gasteiger partial charge on any atom is 0.0739 e. The van der Waals surface area contributed by atoms with E-state index in [-0.39, 0.29) is 17.8 Å². The zero-order chi connectivity index (χ0) is 19.3. The normalized spacial score (nSPS) is 15.4. The fourth-order valence-corrected chi connectivity index (χ4v) is 3.78. The van der Waals surface area contributed by atoms with Gasteiger partial charge in [-0.3, -0.25) is 0 Å². The molecule has 0 saturated carbocycles. The molecule has 0 spiro atoms. The van der Waals surface area contributed by atoms with E-state index in [4.69, 9.17) is 22.9 Å². The van der Waals surface area contributed by atoms with Crippen LogP contribution in [-0.4, -0.2) is 5.66 Å². The smallest absolute Gasteiger partial charge is 0.0739 e.